The number of hydrogen-bond donors (Lipinski definition) is 0. The number of hydrogen-bond acceptors (Lipinski definition) is 8. The third kappa shape index (κ3) is 5.22. The van der Waals surface area contributed by atoms with Crippen LogP contribution in [0.15, 0.2) is 121 Å². The predicted octanol–water partition coefficient (Wildman–Crippen LogP) is 6.41. The van der Waals surface area contributed by atoms with Crippen LogP contribution in [0, 0.1) is 0 Å². The van der Waals surface area contributed by atoms with Crippen molar-refractivity contribution >= 4 is 23.0 Å². The Balaban J connectivity index is 1.39. The van der Waals surface area contributed by atoms with E-state index in [1.165, 1.54) is 6.39 Å². The fraction of sp³-hybridized carbons (Fsp3) is 0.139. The van der Waals surface area contributed by atoms with E-state index in [1.807, 2.05) is 36.4 Å². The number of carbonyl (C=O) groups excluding carboxylic acids is 2. The second-order valence-corrected chi connectivity index (χ2v) is 10.0. The van der Waals surface area contributed by atoms with E-state index in [1.54, 1.807) is 0 Å². The van der Waals surface area contributed by atoms with E-state index in [2.05, 4.69) is 66.7 Å². The van der Waals surface area contributed by atoms with Gasteiger partial charge in [0.2, 0.25) is 0 Å². The molecule has 0 aliphatic heterocycles. The average Bonchev–Trinajstić information content (AvgIpc) is 3.65. The molecule has 8 nitrogen and oxygen atoms in total. The number of fused-ring (bicyclic) bond motifs is 4. The minimum atomic E-state index is -0.685. The summed E-state index contributed by atoms with van der Waals surface area (Å²) in [6, 6.07) is 28.4. The molecule has 0 bridgehead atoms. The second-order valence-electron chi connectivity index (χ2n) is 10.0. The maximum absolute atomic E-state index is 11.3. The summed E-state index contributed by atoms with van der Waals surface area (Å²) in [5.74, 6) is 0.326. The first-order valence-electron chi connectivity index (χ1n) is 14.1. The number of oxazole rings is 1. The zero-order valence-electron chi connectivity index (χ0n) is 23.9. The molecular weight excluding hydrogens is 558 g/mol. The first-order valence-corrected chi connectivity index (χ1v) is 14.1. The third-order valence-corrected chi connectivity index (χ3v) is 7.60. The first kappa shape index (κ1) is 28.5. The molecule has 8 heteroatoms. The van der Waals surface area contributed by atoms with E-state index in [0.717, 1.165) is 56.6 Å². The van der Waals surface area contributed by atoms with E-state index in [-0.39, 0.29) is 26.4 Å². The first-order chi connectivity index (χ1) is 21.5. The summed E-state index contributed by atoms with van der Waals surface area (Å²) in [6.07, 6.45) is 3.71. The molecule has 44 heavy (non-hydrogen) atoms. The second kappa shape index (κ2) is 12.3. The fourth-order valence-corrected chi connectivity index (χ4v) is 5.74. The van der Waals surface area contributed by atoms with Crippen LogP contribution in [0.3, 0.4) is 0 Å². The van der Waals surface area contributed by atoms with E-state index >= 15 is 0 Å². The highest BCUT2D eigenvalue weighted by molar-refractivity contribution is 5.92. The van der Waals surface area contributed by atoms with E-state index in [9.17, 15) is 9.59 Å². The van der Waals surface area contributed by atoms with Crippen LogP contribution in [-0.2, 0) is 24.5 Å². The third-order valence-electron chi connectivity index (χ3n) is 7.60. The molecule has 0 radical (unpaired) electrons. The molecule has 4 aromatic carbocycles. The van der Waals surface area contributed by atoms with Gasteiger partial charge in [-0.25, -0.2) is 14.6 Å². The van der Waals surface area contributed by atoms with Crippen molar-refractivity contribution in [3.8, 4) is 22.6 Å². The Morgan fingerprint density at radius 3 is 1.84 bits per heavy atom. The van der Waals surface area contributed by atoms with Gasteiger partial charge in [0.25, 0.3) is 0 Å². The van der Waals surface area contributed by atoms with E-state index in [4.69, 9.17) is 23.4 Å². The van der Waals surface area contributed by atoms with Crippen LogP contribution in [0.5, 0.6) is 11.5 Å². The van der Waals surface area contributed by atoms with E-state index in [0.29, 0.717) is 11.5 Å². The largest absolute Gasteiger partial charge is 0.490 e. The van der Waals surface area contributed by atoms with Gasteiger partial charge >= 0.3 is 11.9 Å². The Morgan fingerprint density at radius 1 is 0.705 bits per heavy atom. The minimum absolute atomic E-state index is 0.121. The molecule has 1 aliphatic rings. The lowest BCUT2D eigenvalue weighted by Gasteiger charge is -2.34. The van der Waals surface area contributed by atoms with Gasteiger partial charge in [0.1, 0.15) is 43.4 Å². The van der Waals surface area contributed by atoms with Crippen LogP contribution in [-0.4, -0.2) is 43.4 Å². The molecule has 0 amide bonds. The smallest absolute Gasteiger partial charge is 0.330 e. The van der Waals surface area contributed by atoms with Crippen LogP contribution in [0.2, 0.25) is 0 Å². The highest BCUT2D eigenvalue weighted by Gasteiger charge is 2.46. The summed E-state index contributed by atoms with van der Waals surface area (Å²) < 4.78 is 27.4. The number of carbonyl (C=O) groups is 2. The molecule has 1 aromatic heterocycles. The average molecular weight is 588 g/mol. The van der Waals surface area contributed by atoms with Crippen molar-refractivity contribution in [3.63, 3.8) is 0 Å². The van der Waals surface area contributed by atoms with Gasteiger partial charge < -0.3 is 23.4 Å². The van der Waals surface area contributed by atoms with Gasteiger partial charge in [0.15, 0.2) is 12.0 Å². The normalized spacial score (nSPS) is 12.5. The van der Waals surface area contributed by atoms with Gasteiger partial charge in [0, 0.05) is 12.2 Å². The summed E-state index contributed by atoms with van der Waals surface area (Å²) in [7, 11) is 0. The Bertz CT molecular complexity index is 1770. The van der Waals surface area contributed by atoms with Gasteiger partial charge in [-0.15, -0.1) is 0 Å². The minimum Gasteiger partial charge on any atom is -0.490 e. The molecule has 0 atom stereocenters. The summed E-state index contributed by atoms with van der Waals surface area (Å²) in [4.78, 5) is 27.1. The molecule has 1 aliphatic carbocycles. The topological polar surface area (TPSA) is 97.1 Å². The number of nitrogens with zero attached hydrogens (tertiary/aromatic N) is 1. The SMILES string of the molecule is C=CC(=O)OCCOc1ccc(C2(c3ccc(OCCOC(=O)C=C)cc3)c3ccccc3-c3cc4ocnc4cc32)cc1. The van der Waals surface area contributed by atoms with Crippen molar-refractivity contribution in [3.05, 3.63) is 139 Å². The summed E-state index contributed by atoms with van der Waals surface area (Å²) in [5.41, 5.74) is 7.24. The van der Waals surface area contributed by atoms with Gasteiger partial charge in [0.05, 0.1) is 5.41 Å². The molecule has 0 saturated carbocycles. The summed E-state index contributed by atoms with van der Waals surface area (Å²) >= 11 is 0. The van der Waals surface area contributed by atoms with Gasteiger partial charge in [-0.1, -0.05) is 61.7 Å². The van der Waals surface area contributed by atoms with Gasteiger partial charge in [-0.3, -0.25) is 0 Å². The lowest BCUT2D eigenvalue weighted by molar-refractivity contribution is -0.139. The standard InChI is InChI=1S/C36H29NO7/c1-3-34(38)42-19-17-40-26-13-9-24(10-14-26)36(25-11-15-27(16-12-25)41-18-20-43-35(39)4-2)30-8-6-5-7-28(30)29-21-33-32(22-31(29)36)37-23-44-33/h3-16,21-23H,1-2,17-20H2. The summed E-state index contributed by atoms with van der Waals surface area (Å²) in [5, 5.41) is 0. The number of ether oxygens (including phenoxy) is 4. The van der Waals surface area contributed by atoms with E-state index < -0.39 is 17.4 Å². The molecule has 0 saturated heterocycles. The number of benzene rings is 4. The van der Waals surface area contributed by atoms with Gasteiger partial charge in [-0.2, -0.15) is 0 Å². The molecular formula is C36H29NO7. The molecule has 0 fully saturated rings. The zero-order valence-corrected chi connectivity index (χ0v) is 23.9. The molecule has 1 heterocycles. The van der Waals surface area contributed by atoms with Crippen LogP contribution in [0.1, 0.15) is 22.3 Å². The maximum Gasteiger partial charge on any atom is 0.330 e. The van der Waals surface area contributed by atoms with Crippen molar-refractivity contribution in [2.75, 3.05) is 26.4 Å². The molecule has 0 spiro atoms. The number of aromatic nitrogens is 1. The zero-order chi connectivity index (χ0) is 30.5. The van der Waals surface area contributed by atoms with Crippen molar-refractivity contribution in [2.45, 2.75) is 5.41 Å². The highest BCUT2D eigenvalue weighted by Crippen LogP contribution is 2.57. The molecule has 220 valence electrons. The lowest BCUT2D eigenvalue weighted by atomic mass is 9.67. The van der Waals surface area contributed by atoms with Crippen molar-refractivity contribution in [2.24, 2.45) is 0 Å². The number of esters is 2. The van der Waals surface area contributed by atoms with Crippen LogP contribution >= 0.6 is 0 Å². The predicted molar refractivity (Wildman–Crippen MR) is 165 cm³/mol. The van der Waals surface area contributed by atoms with Crippen molar-refractivity contribution < 1.29 is 33.0 Å². The fourth-order valence-electron chi connectivity index (χ4n) is 5.74. The Kier molecular flexibility index (Phi) is 7.97. The van der Waals surface area contributed by atoms with Gasteiger partial charge in [-0.05, 0) is 69.8 Å². The van der Waals surface area contributed by atoms with Crippen molar-refractivity contribution in [1.82, 2.24) is 4.98 Å². The Morgan fingerprint density at radius 2 is 1.27 bits per heavy atom. The van der Waals surface area contributed by atoms with Crippen LogP contribution in [0.4, 0.5) is 0 Å². The van der Waals surface area contributed by atoms with Crippen LogP contribution in [0.25, 0.3) is 22.2 Å². The molecule has 0 N–H and O–H groups in total. The Hall–Kier alpha value is -5.63. The van der Waals surface area contributed by atoms with Crippen LogP contribution < -0.4 is 9.47 Å². The van der Waals surface area contributed by atoms with Crippen molar-refractivity contribution in [1.29, 1.82) is 0 Å². The number of rotatable bonds is 12. The quantitative estimate of drug-likeness (QED) is 0.0921. The monoisotopic (exact) mass is 587 g/mol. The maximum atomic E-state index is 11.3. The molecule has 6 rings (SSSR count). The molecule has 5 aromatic rings. The molecule has 0 unspecified atom stereocenters. The lowest BCUT2D eigenvalue weighted by Crippen LogP contribution is -2.28. The highest BCUT2D eigenvalue weighted by atomic mass is 16.6. The summed E-state index contributed by atoms with van der Waals surface area (Å²) in [6.45, 7) is 7.48. The Labute approximate surface area is 254 Å².